The minimum atomic E-state index is -0.389. The van der Waals surface area contributed by atoms with Crippen LogP contribution in [0.2, 0.25) is 0 Å². The maximum atomic E-state index is 12.7. The van der Waals surface area contributed by atoms with Gasteiger partial charge in [-0.15, -0.1) is 0 Å². The fraction of sp³-hybridized carbons (Fsp3) is 0.524. The van der Waals surface area contributed by atoms with E-state index in [-0.39, 0.29) is 30.2 Å². The summed E-state index contributed by atoms with van der Waals surface area (Å²) in [4.78, 5) is 31.3. The number of aromatic nitrogens is 2. The molecule has 28 heavy (non-hydrogen) atoms. The number of rotatable bonds is 6. The van der Waals surface area contributed by atoms with E-state index in [9.17, 15) is 9.59 Å². The molecule has 1 aromatic heterocycles. The van der Waals surface area contributed by atoms with Crippen LogP contribution in [0.1, 0.15) is 62.3 Å². The van der Waals surface area contributed by atoms with Crippen molar-refractivity contribution in [3.8, 4) is 0 Å². The summed E-state index contributed by atoms with van der Waals surface area (Å²) in [5.74, 6) is 0.649. The summed E-state index contributed by atoms with van der Waals surface area (Å²) < 4.78 is 5.33. The number of hydrogen-bond donors (Lipinski definition) is 1. The first-order valence-corrected chi connectivity index (χ1v) is 10.1. The molecule has 0 bridgehead atoms. The molecule has 148 valence electrons. The molecule has 1 saturated carbocycles. The number of likely N-dealkylation sites (tertiary alicyclic amines) is 1. The van der Waals surface area contributed by atoms with E-state index >= 15 is 0 Å². The molecule has 0 radical (unpaired) electrons. The summed E-state index contributed by atoms with van der Waals surface area (Å²) >= 11 is 0. The van der Waals surface area contributed by atoms with Crippen LogP contribution in [0.15, 0.2) is 34.9 Å². The molecule has 2 unspecified atom stereocenters. The van der Waals surface area contributed by atoms with E-state index in [1.807, 2.05) is 42.2 Å². The second-order valence-corrected chi connectivity index (χ2v) is 7.83. The van der Waals surface area contributed by atoms with Gasteiger partial charge in [-0.2, -0.15) is 4.98 Å². The van der Waals surface area contributed by atoms with Gasteiger partial charge in [-0.05, 0) is 25.3 Å². The Morgan fingerprint density at radius 3 is 2.79 bits per heavy atom. The van der Waals surface area contributed by atoms with E-state index in [4.69, 9.17) is 4.52 Å². The van der Waals surface area contributed by atoms with E-state index in [1.165, 1.54) is 12.8 Å². The van der Waals surface area contributed by atoms with Crippen LogP contribution >= 0.6 is 0 Å². The van der Waals surface area contributed by atoms with Crippen molar-refractivity contribution in [1.82, 2.24) is 20.4 Å². The molecule has 2 fully saturated rings. The highest BCUT2D eigenvalue weighted by Crippen LogP contribution is 2.29. The normalized spacial score (nSPS) is 21.2. The second kappa shape index (κ2) is 8.12. The third kappa shape index (κ3) is 4.08. The maximum Gasteiger partial charge on any atom is 0.248 e. The minimum absolute atomic E-state index is 0.0997. The van der Waals surface area contributed by atoms with Gasteiger partial charge in [-0.3, -0.25) is 9.59 Å². The molecule has 1 aromatic carbocycles. The van der Waals surface area contributed by atoms with E-state index < -0.39 is 0 Å². The Bertz CT molecular complexity index is 829. The van der Waals surface area contributed by atoms with Crippen LogP contribution in [-0.2, 0) is 16.0 Å². The van der Waals surface area contributed by atoms with Gasteiger partial charge < -0.3 is 14.7 Å². The van der Waals surface area contributed by atoms with E-state index in [0.29, 0.717) is 30.7 Å². The third-order valence-electron chi connectivity index (χ3n) is 5.71. The summed E-state index contributed by atoms with van der Waals surface area (Å²) in [6.45, 7) is 2.34. The molecule has 2 atom stereocenters. The minimum Gasteiger partial charge on any atom is -0.344 e. The molecule has 7 nitrogen and oxygen atoms in total. The van der Waals surface area contributed by atoms with Crippen LogP contribution in [0.5, 0.6) is 0 Å². The Morgan fingerprint density at radius 2 is 2.04 bits per heavy atom. The number of hydrogen-bond acceptors (Lipinski definition) is 5. The average molecular weight is 382 g/mol. The van der Waals surface area contributed by atoms with Crippen LogP contribution < -0.4 is 5.32 Å². The quantitative estimate of drug-likeness (QED) is 0.830. The molecule has 2 aliphatic rings. The molecule has 1 saturated heterocycles. The zero-order valence-corrected chi connectivity index (χ0v) is 16.1. The molecular weight excluding hydrogens is 356 g/mol. The van der Waals surface area contributed by atoms with Gasteiger partial charge in [0.05, 0.1) is 5.92 Å². The van der Waals surface area contributed by atoms with Gasteiger partial charge >= 0.3 is 0 Å². The number of benzene rings is 1. The van der Waals surface area contributed by atoms with Crippen molar-refractivity contribution < 1.29 is 14.1 Å². The Labute approximate surface area is 164 Å². The first-order valence-electron chi connectivity index (χ1n) is 10.1. The van der Waals surface area contributed by atoms with Crippen molar-refractivity contribution >= 4 is 11.8 Å². The van der Waals surface area contributed by atoms with E-state index in [2.05, 4.69) is 15.5 Å². The van der Waals surface area contributed by atoms with Crippen LogP contribution in [0.4, 0.5) is 0 Å². The summed E-state index contributed by atoms with van der Waals surface area (Å²) in [6.07, 6.45) is 5.33. The topological polar surface area (TPSA) is 88.3 Å². The predicted octanol–water partition coefficient (Wildman–Crippen LogP) is 2.63. The van der Waals surface area contributed by atoms with Crippen molar-refractivity contribution in [2.75, 3.05) is 6.54 Å². The molecule has 1 aliphatic heterocycles. The largest absolute Gasteiger partial charge is 0.344 e. The molecule has 0 spiro atoms. The van der Waals surface area contributed by atoms with Gasteiger partial charge in [-0.1, -0.05) is 48.3 Å². The highest BCUT2D eigenvalue weighted by Gasteiger charge is 2.39. The summed E-state index contributed by atoms with van der Waals surface area (Å²) in [5.41, 5.74) is 1.10. The van der Waals surface area contributed by atoms with Crippen LogP contribution in [0, 0.1) is 5.92 Å². The molecule has 2 amide bonds. The highest BCUT2D eigenvalue weighted by atomic mass is 16.5. The first-order chi connectivity index (χ1) is 13.6. The fourth-order valence-electron chi connectivity index (χ4n) is 4.16. The maximum absolute atomic E-state index is 12.7. The lowest BCUT2D eigenvalue weighted by Gasteiger charge is -2.24. The number of carbonyl (C=O) groups is 2. The highest BCUT2D eigenvalue weighted by molar-refractivity contribution is 5.89. The van der Waals surface area contributed by atoms with Crippen LogP contribution in [0.25, 0.3) is 0 Å². The average Bonchev–Trinajstić information content (AvgIpc) is 3.43. The van der Waals surface area contributed by atoms with Gasteiger partial charge in [0.1, 0.15) is 6.04 Å². The van der Waals surface area contributed by atoms with Crippen LogP contribution in [-0.4, -0.2) is 39.4 Å². The predicted molar refractivity (Wildman–Crippen MR) is 102 cm³/mol. The van der Waals surface area contributed by atoms with Crippen molar-refractivity contribution in [1.29, 1.82) is 0 Å². The van der Waals surface area contributed by atoms with Gasteiger partial charge in [0, 0.05) is 25.4 Å². The lowest BCUT2D eigenvalue weighted by molar-refractivity contribution is -0.130. The summed E-state index contributed by atoms with van der Waals surface area (Å²) in [6, 6.07) is 9.85. The first kappa shape index (κ1) is 18.7. The Balaban J connectivity index is 1.33. The zero-order valence-electron chi connectivity index (χ0n) is 16.1. The second-order valence-electron chi connectivity index (χ2n) is 7.83. The Hall–Kier alpha value is -2.70. The van der Waals surface area contributed by atoms with Gasteiger partial charge in [0.25, 0.3) is 0 Å². The van der Waals surface area contributed by atoms with Gasteiger partial charge in [-0.25, -0.2) is 0 Å². The monoisotopic (exact) mass is 382 g/mol. The fourth-order valence-corrected chi connectivity index (χ4v) is 4.16. The molecule has 7 heteroatoms. The lowest BCUT2D eigenvalue weighted by atomic mass is 10.1. The van der Waals surface area contributed by atoms with Crippen molar-refractivity contribution in [2.24, 2.45) is 5.92 Å². The van der Waals surface area contributed by atoms with E-state index in [0.717, 1.165) is 18.4 Å². The van der Waals surface area contributed by atoms with Crippen LogP contribution in [0.3, 0.4) is 0 Å². The molecule has 4 rings (SSSR count). The molecule has 2 heterocycles. The number of nitrogens with one attached hydrogen (secondary N) is 1. The van der Waals surface area contributed by atoms with Gasteiger partial charge in [0.15, 0.2) is 5.82 Å². The number of nitrogens with zero attached hydrogens (tertiary/aromatic N) is 3. The van der Waals surface area contributed by atoms with Crippen molar-refractivity contribution in [3.63, 3.8) is 0 Å². The Morgan fingerprint density at radius 1 is 1.29 bits per heavy atom. The lowest BCUT2D eigenvalue weighted by Crippen LogP contribution is -2.37. The Kier molecular flexibility index (Phi) is 5.41. The van der Waals surface area contributed by atoms with Crippen molar-refractivity contribution in [3.05, 3.63) is 47.6 Å². The number of amides is 2. The third-order valence-corrected chi connectivity index (χ3v) is 5.71. The molecule has 1 N–H and O–H groups in total. The van der Waals surface area contributed by atoms with Gasteiger partial charge in [0.2, 0.25) is 17.7 Å². The standard InChI is InChI=1S/C21H26N4O3/c1-14(21-23-18(24-28-21)11-15-7-3-2-4-8-15)22-20(27)16-12-19(26)25(13-16)17-9-5-6-10-17/h2-4,7-8,14,16-17H,5-6,9-13H2,1H3,(H,22,27). The smallest absolute Gasteiger partial charge is 0.248 e. The zero-order chi connectivity index (χ0) is 19.5. The summed E-state index contributed by atoms with van der Waals surface area (Å²) in [7, 11) is 0. The number of carbonyl (C=O) groups excluding carboxylic acids is 2. The SMILES string of the molecule is CC(NC(=O)C1CC(=O)N(C2CCCC2)C1)c1nc(Cc2ccccc2)no1. The molecule has 1 aliphatic carbocycles. The van der Waals surface area contributed by atoms with E-state index in [1.54, 1.807) is 0 Å². The molecular formula is C21H26N4O3. The molecule has 2 aromatic rings. The van der Waals surface area contributed by atoms with Crippen molar-refractivity contribution in [2.45, 2.75) is 57.5 Å². The summed E-state index contributed by atoms with van der Waals surface area (Å²) in [5, 5.41) is 6.95.